The highest BCUT2D eigenvalue weighted by molar-refractivity contribution is 5.81. The Labute approximate surface area is 119 Å². The Morgan fingerprint density at radius 1 is 1.10 bits per heavy atom. The fourth-order valence-corrected chi connectivity index (χ4v) is 2.93. The fraction of sp³-hybridized carbons (Fsp3) is 0.500. The maximum absolute atomic E-state index is 11.6. The van der Waals surface area contributed by atoms with Crippen molar-refractivity contribution < 1.29 is 14.7 Å². The predicted octanol–water partition coefficient (Wildman–Crippen LogP) is 2.55. The van der Waals surface area contributed by atoms with Crippen LogP contribution in [-0.4, -0.2) is 23.5 Å². The van der Waals surface area contributed by atoms with Crippen LogP contribution < -0.4 is 5.32 Å². The number of benzene rings is 1. The summed E-state index contributed by atoms with van der Waals surface area (Å²) in [4.78, 5) is 22.0. The van der Waals surface area contributed by atoms with E-state index in [4.69, 9.17) is 5.11 Å². The van der Waals surface area contributed by atoms with E-state index in [1.807, 2.05) is 6.07 Å². The number of amides is 1. The first-order valence-corrected chi connectivity index (χ1v) is 7.18. The predicted molar refractivity (Wildman–Crippen MR) is 76.4 cm³/mol. The average molecular weight is 275 g/mol. The van der Waals surface area contributed by atoms with E-state index in [9.17, 15) is 9.59 Å². The molecule has 0 atom stereocenters. The van der Waals surface area contributed by atoms with E-state index < -0.39 is 5.97 Å². The van der Waals surface area contributed by atoms with Gasteiger partial charge in [0.2, 0.25) is 5.91 Å². The van der Waals surface area contributed by atoms with Gasteiger partial charge in [-0.2, -0.15) is 0 Å². The summed E-state index contributed by atoms with van der Waals surface area (Å²) in [5.41, 5.74) is 1.39. The second-order valence-electron chi connectivity index (χ2n) is 5.50. The molecule has 0 heterocycles. The molecule has 0 spiro atoms. The van der Waals surface area contributed by atoms with Crippen molar-refractivity contribution in [3.63, 3.8) is 0 Å². The van der Waals surface area contributed by atoms with E-state index >= 15 is 0 Å². The number of carbonyl (C=O) groups excluding carboxylic acids is 1. The molecule has 20 heavy (non-hydrogen) atoms. The molecule has 1 aliphatic carbocycles. The van der Waals surface area contributed by atoms with Gasteiger partial charge in [0.05, 0.1) is 0 Å². The van der Waals surface area contributed by atoms with Crippen molar-refractivity contribution in [3.05, 3.63) is 35.9 Å². The van der Waals surface area contributed by atoms with Gasteiger partial charge in [-0.1, -0.05) is 30.3 Å². The van der Waals surface area contributed by atoms with Gasteiger partial charge in [-0.05, 0) is 43.1 Å². The molecular formula is C16H21NO3. The number of hydrogen-bond donors (Lipinski definition) is 2. The van der Waals surface area contributed by atoms with Gasteiger partial charge in [-0.25, -0.2) is 0 Å². The molecule has 0 bridgehead atoms. The summed E-state index contributed by atoms with van der Waals surface area (Å²) in [6.45, 7) is -0.280. The second kappa shape index (κ2) is 7.08. The zero-order valence-electron chi connectivity index (χ0n) is 11.5. The van der Waals surface area contributed by atoms with Crippen molar-refractivity contribution in [3.8, 4) is 0 Å². The van der Waals surface area contributed by atoms with Crippen molar-refractivity contribution in [2.24, 2.45) is 5.92 Å². The molecule has 1 fully saturated rings. The first kappa shape index (κ1) is 14.6. The van der Waals surface area contributed by atoms with Crippen LogP contribution in [0.2, 0.25) is 0 Å². The fourth-order valence-electron chi connectivity index (χ4n) is 2.93. The minimum Gasteiger partial charge on any atom is -0.480 e. The van der Waals surface area contributed by atoms with E-state index in [-0.39, 0.29) is 12.5 Å². The standard InChI is InChI=1S/C16H21NO3/c18-15(17-11-16(19)20)10-12-6-8-14(9-7-12)13-4-2-1-3-5-13/h1-5,12,14H,6-11H2,(H,17,18)(H,19,20). The van der Waals surface area contributed by atoms with Crippen LogP contribution in [0.4, 0.5) is 0 Å². The molecule has 0 unspecified atom stereocenters. The summed E-state index contributed by atoms with van der Waals surface area (Å²) >= 11 is 0. The first-order valence-electron chi connectivity index (χ1n) is 7.18. The lowest BCUT2D eigenvalue weighted by molar-refractivity contribution is -0.138. The number of hydrogen-bond acceptors (Lipinski definition) is 2. The molecule has 1 aromatic carbocycles. The SMILES string of the molecule is O=C(O)CNC(=O)CC1CCC(c2ccccc2)CC1. The van der Waals surface area contributed by atoms with Crippen LogP contribution in [0.1, 0.15) is 43.6 Å². The summed E-state index contributed by atoms with van der Waals surface area (Å²) < 4.78 is 0. The molecule has 0 aromatic heterocycles. The summed E-state index contributed by atoms with van der Waals surface area (Å²) in [5.74, 6) is -0.139. The van der Waals surface area contributed by atoms with Gasteiger partial charge < -0.3 is 10.4 Å². The number of nitrogens with one attached hydrogen (secondary N) is 1. The third-order valence-electron chi connectivity index (χ3n) is 4.03. The Morgan fingerprint density at radius 3 is 2.35 bits per heavy atom. The zero-order valence-corrected chi connectivity index (χ0v) is 11.5. The van der Waals surface area contributed by atoms with Crippen LogP contribution in [0.25, 0.3) is 0 Å². The van der Waals surface area contributed by atoms with Gasteiger partial charge in [0.1, 0.15) is 6.54 Å². The average Bonchev–Trinajstić information content (AvgIpc) is 2.47. The lowest BCUT2D eigenvalue weighted by Crippen LogP contribution is -2.31. The van der Waals surface area contributed by atoms with E-state index in [1.54, 1.807) is 0 Å². The topological polar surface area (TPSA) is 66.4 Å². The Balaban J connectivity index is 1.74. The molecule has 0 saturated heterocycles. The van der Waals surface area contributed by atoms with Crippen LogP contribution in [0.3, 0.4) is 0 Å². The number of carboxylic acids is 1. The maximum atomic E-state index is 11.6. The molecule has 1 amide bonds. The smallest absolute Gasteiger partial charge is 0.322 e. The van der Waals surface area contributed by atoms with Crippen LogP contribution in [0, 0.1) is 5.92 Å². The third-order valence-corrected chi connectivity index (χ3v) is 4.03. The maximum Gasteiger partial charge on any atom is 0.322 e. The Kier molecular flexibility index (Phi) is 5.16. The normalized spacial score (nSPS) is 22.2. The van der Waals surface area contributed by atoms with Crippen molar-refractivity contribution in [2.45, 2.75) is 38.0 Å². The highest BCUT2D eigenvalue weighted by Gasteiger charge is 2.23. The molecule has 1 aliphatic rings. The van der Waals surface area contributed by atoms with Crippen molar-refractivity contribution in [2.75, 3.05) is 6.54 Å². The highest BCUT2D eigenvalue weighted by Crippen LogP contribution is 2.36. The molecular weight excluding hydrogens is 254 g/mol. The quantitative estimate of drug-likeness (QED) is 0.868. The van der Waals surface area contributed by atoms with Crippen molar-refractivity contribution in [1.82, 2.24) is 5.32 Å². The number of carbonyl (C=O) groups is 2. The van der Waals surface area contributed by atoms with Crippen molar-refractivity contribution >= 4 is 11.9 Å². The molecule has 0 aliphatic heterocycles. The van der Waals surface area contributed by atoms with Crippen LogP contribution in [-0.2, 0) is 9.59 Å². The van der Waals surface area contributed by atoms with Gasteiger partial charge in [0, 0.05) is 6.42 Å². The first-order chi connectivity index (χ1) is 9.65. The van der Waals surface area contributed by atoms with Gasteiger partial charge in [0.25, 0.3) is 0 Å². The molecule has 0 radical (unpaired) electrons. The van der Waals surface area contributed by atoms with E-state index in [2.05, 4.69) is 29.6 Å². The second-order valence-corrected chi connectivity index (χ2v) is 5.50. The third kappa shape index (κ3) is 4.37. The molecule has 1 saturated carbocycles. The summed E-state index contributed by atoms with van der Waals surface area (Å²) in [5, 5.41) is 10.9. The van der Waals surface area contributed by atoms with Gasteiger partial charge in [-0.3, -0.25) is 9.59 Å². The van der Waals surface area contributed by atoms with E-state index in [0.717, 1.165) is 25.7 Å². The molecule has 4 heteroatoms. The number of carboxylic acid groups (broad SMARTS) is 1. The van der Waals surface area contributed by atoms with Crippen LogP contribution in [0.15, 0.2) is 30.3 Å². The number of rotatable bonds is 5. The monoisotopic (exact) mass is 275 g/mol. The highest BCUT2D eigenvalue weighted by atomic mass is 16.4. The van der Waals surface area contributed by atoms with E-state index in [1.165, 1.54) is 5.56 Å². The minimum absolute atomic E-state index is 0.143. The number of aliphatic carboxylic acids is 1. The largest absolute Gasteiger partial charge is 0.480 e. The van der Waals surface area contributed by atoms with Crippen molar-refractivity contribution in [1.29, 1.82) is 0 Å². The Bertz CT molecular complexity index is 450. The molecule has 108 valence electrons. The Morgan fingerprint density at radius 2 is 1.75 bits per heavy atom. The lowest BCUT2D eigenvalue weighted by atomic mass is 9.77. The lowest BCUT2D eigenvalue weighted by Gasteiger charge is -2.28. The van der Waals surface area contributed by atoms with E-state index in [0.29, 0.717) is 18.3 Å². The molecule has 4 nitrogen and oxygen atoms in total. The Hall–Kier alpha value is -1.84. The van der Waals surface area contributed by atoms with Gasteiger partial charge in [-0.15, -0.1) is 0 Å². The molecule has 2 rings (SSSR count). The summed E-state index contributed by atoms with van der Waals surface area (Å²) in [6.07, 6.45) is 4.76. The minimum atomic E-state index is -0.994. The molecule has 2 N–H and O–H groups in total. The van der Waals surface area contributed by atoms with Gasteiger partial charge in [0.15, 0.2) is 0 Å². The van der Waals surface area contributed by atoms with Crippen LogP contribution in [0.5, 0.6) is 0 Å². The summed E-state index contributed by atoms with van der Waals surface area (Å²) in [6, 6.07) is 10.5. The zero-order chi connectivity index (χ0) is 14.4. The van der Waals surface area contributed by atoms with Gasteiger partial charge >= 0.3 is 5.97 Å². The summed E-state index contributed by atoms with van der Waals surface area (Å²) in [7, 11) is 0. The van der Waals surface area contributed by atoms with Crippen LogP contribution >= 0.6 is 0 Å². The molecule has 1 aromatic rings.